The van der Waals surface area contributed by atoms with Gasteiger partial charge in [-0.05, 0) is 88.5 Å². The van der Waals surface area contributed by atoms with E-state index in [-0.39, 0.29) is 37.6 Å². The minimum Gasteiger partial charge on any atom is -0.507 e. The van der Waals surface area contributed by atoms with Crippen LogP contribution < -0.4 is 0 Å². The molecule has 7 aromatic carbocycles. The van der Waals surface area contributed by atoms with Crippen molar-refractivity contribution in [2.45, 2.75) is 66.2 Å². The van der Waals surface area contributed by atoms with Crippen LogP contribution in [0.4, 0.5) is 0 Å². The van der Waals surface area contributed by atoms with E-state index in [1.54, 1.807) is 0 Å². The van der Waals surface area contributed by atoms with Gasteiger partial charge in [-0.2, -0.15) is 0 Å². The van der Waals surface area contributed by atoms with Crippen LogP contribution >= 0.6 is 0 Å². The average Bonchev–Trinajstić information content (AvgIpc) is 3.80. The Hall–Kier alpha value is -6.36. The number of aromatic nitrogens is 5. The van der Waals surface area contributed by atoms with Crippen molar-refractivity contribution in [1.82, 2.24) is 23.9 Å². The van der Waals surface area contributed by atoms with Gasteiger partial charge in [-0.3, -0.25) is 9.55 Å². The molecule has 7 heteroatoms. The van der Waals surface area contributed by atoms with E-state index in [9.17, 15) is 5.11 Å². The minimum absolute atomic E-state index is 0. The molecule has 0 spiro atoms. The van der Waals surface area contributed by atoms with Gasteiger partial charge in [-0.15, -0.1) is 11.6 Å². The summed E-state index contributed by atoms with van der Waals surface area (Å²) in [6, 6.07) is 46.9. The molecule has 11 rings (SSSR count). The Morgan fingerprint density at radius 2 is 1.40 bits per heavy atom. The maximum atomic E-state index is 12.5. The fraction of sp³-hybridized carbons (Fsp3) is 0.182. The van der Waals surface area contributed by atoms with E-state index < -0.39 is 0 Å². The van der Waals surface area contributed by atoms with E-state index in [1.807, 2.05) is 6.20 Å². The molecule has 4 heterocycles. The van der Waals surface area contributed by atoms with Crippen molar-refractivity contribution in [2.24, 2.45) is 0 Å². The molecule has 0 bridgehead atoms. The number of rotatable bonds is 4. The molecular weight excluding hydrogens is 942 g/mol. The Labute approximate surface area is 375 Å². The fourth-order valence-corrected chi connectivity index (χ4v) is 9.54. The van der Waals surface area contributed by atoms with Gasteiger partial charge >= 0.3 is 0 Å². The number of hydrogen-bond donors (Lipinski definition) is 1. The monoisotopic (exact) mass is 987 g/mol. The molecule has 0 aliphatic carbocycles. The van der Waals surface area contributed by atoms with Crippen LogP contribution in [0.1, 0.15) is 64.1 Å². The zero-order valence-corrected chi connectivity index (χ0v) is 38.4. The molecule has 0 fully saturated rings. The first-order valence-corrected chi connectivity index (χ1v) is 21.1. The van der Waals surface area contributed by atoms with Crippen molar-refractivity contribution >= 4 is 60.0 Å². The number of aromatic hydroxyl groups is 1. The van der Waals surface area contributed by atoms with Gasteiger partial charge in [-0.1, -0.05) is 154 Å². The largest absolute Gasteiger partial charge is 0.507 e. The van der Waals surface area contributed by atoms with Gasteiger partial charge in [0.2, 0.25) is 0 Å². The number of imidazole rings is 2. The number of nitrogens with zero attached hydrogens (tertiary/aromatic N) is 5. The summed E-state index contributed by atoms with van der Waals surface area (Å²) in [5.74, 6) is 1.85. The number of pyridine rings is 2. The van der Waals surface area contributed by atoms with Gasteiger partial charge in [0.1, 0.15) is 17.4 Å². The summed E-state index contributed by atoms with van der Waals surface area (Å²) in [5.41, 5.74) is 14.2. The van der Waals surface area contributed by atoms with E-state index in [1.165, 1.54) is 0 Å². The third-order valence-electron chi connectivity index (χ3n) is 12.6. The van der Waals surface area contributed by atoms with Crippen molar-refractivity contribution < 1.29 is 26.2 Å². The number of para-hydroxylation sites is 1. The number of aryl methyl sites for hydroxylation is 2. The molecule has 6 nitrogen and oxygen atoms in total. The van der Waals surface area contributed by atoms with Gasteiger partial charge in [0.05, 0.1) is 33.3 Å². The second kappa shape index (κ2) is 14.1. The molecule has 0 amide bonds. The van der Waals surface area contributed by atoms with E-state index in [4.69, 9.17) is 15.0 Å². The summed E-state index contributed by atoms with van der Waals surface area (Å²) < 4.78 is 4.57. The third-order valence-corrected chi connectivity index (χ3v) is 12.6. The first-order chi connectivity index (χ1) is 29.3. The second-order valence-electron chi connectivity index (χ2n) is 18.7. The van der Waals surface area contributed by atoms with Crippen LogP contribution in [0.25, 0.3) is 99.4 Å². The quantitative estimate of drug-likeness (QED) is 0.108. The molecule has 62 heavy (non-hydrogen) atoms. The Bertz CT molecular complexity index is 3590. The molecule has 0 aliphatic heterocycles. The molecule has 308 valence electrons. The van der Waals surface area contributed by atoms with Crippen LogP contribution in [0.3, 0.4) is 0 Å². The molecule has 1 N–H and O–H groups in total. The minimum atomic E-state index is -0.327. The average molecular weight is 988 g/mol. The number of hydrogen-bond acceptors (Lipinski definition) is 4. The summed E-state index contributed by atoms with van der Waals surface area (Å²) in [7, 11) is 0. The van der Waals surface area contributed by atoms with Gasteiger partial charge in [0, 0.05) is 43.9 Å². The standard InChI is InChI=1S/C55H46N5O.Pt/c1-31-21-24-45(39(27-31)33-15-10-9-11-16-33)60-46-20-14-19-37(48(46)58-53(60)42-28-35(54(3,4)5)29-43(52(42)61)55(6,7)8)40-30-41-49-47-34(25-26-56-49)22-23-44-51(47)59(32(2)57-44)50(41)38-18-13-12-17-36(38)40;/h9-29,61H,1-8H3;/q-1;. The number of phenols is 1. The SMILES string of the molecule is Cc1ccc(-n2c(-c3cc(C(C)(C)C)cc(C(C)(C)C)c3O)nc3c(-c4[c-]c5c6nccc7ccc8nc(C)n(c5c5ccccc45)c8c76)cccc32)c(-c2ccccc2)c1.[Pt]. The van der Waals surface area contributed by atoms with Crippen LogP contribution in [0, 0.1) is 19.9 Å². The zero-order chi connectivity index (χ0) is 42.1. The van der Waals surface area contributed by atoms with E-state index in [2.05, 4.69) is 192 Å². The van der Waals surface area contributed by atoms with Crippen molar-refractivity contribution in [2.75, 3.05) is 0 Å². The number of phenolic OH excluding ortho intramolecular Hbond substituents is 1. The van der Waals surface area contributed by atoms with Gasteiger partial charge in [0.15, 0.2) is 0 Å². The smallest absolute Gasteiger partial charge is 0.148 e. The molecule has 0 unspecified atom stereocenters. The topological polar surface area (TPSA) is 68.2 Å². The van der Waals surface area contributed by atoms with Crippen LogP contribution in [0.5, 0.6) is 5.75 Å². The normalized spacial score (nSPS) is 12.5. The summed E-state index contributed by atoms with van der Waals surface area (Å²) in [6.45, 7) is 17.4. The van der Waals surface area contributed by atoms with Crippen LogP contribution in [0.2, 0.25) is 0 Å². The number of benzene rings is 7. The molecule has 11 aromatic rings. The molecule has 0 saturated carbocycles. The van der Waals surface area contributed by atoms with Gasteiger partial charge in [-0.25, -0.2) is 9.97 Å². The summed E-state index contributed by atoms with van der Waals surface area (Å²) in [6.07, 6.45) is 1.90. The van der Waals surface area contributed by atoms with Crippen molar-refractivity contribution in [3.63, 3.8) is 0 Å². The second-order valence-corrected chi connectivity index (χ2v) is 18.7. The summed E-state index contributed by atoms with van der Waals surface area (Å²) in [5, 5.41) is 17.8. The first-order valence-electron chi connectivity index (χ1n) is 21.1. The zero-order valence-electron chi connectivity index (χ0n) is 36.1. The predicted octanol–water partition coefficient (Wildman–Crippen LogP) is 13.8. The Balaban J connectivity index is 0.00000458. The Morgan fingerprint density at radius 1 is 0.645 bits per heavy atom. The maximum Gasteiger partial charge on any atom is 0.148 e. The molecule has 0 radical (unpaired) electrons. The van der Waals surface area contributed by atoms with Gasteiger partial charge in [0.25, 0.3) is 0 Å². The van der Waals surface area contributed by atoms with Gasteiger partial charge < -0.3 is 9.51 Å². The van der Waals surface area contributed by atoms with Crippen molar-refractivity contribution in [3.05, 3.63) is 156 Å². The summed E-state index contributed by atoms with van der Waals surface area (Å²) >= 11 is 0. The first kappa shape index (κ1) is 39.8. The molecule has 0 atom stereocenters. The third kappa shape index (κ3) is 5.91. The molecular formula is C55H46N5OPt-. The summed E-state index contributed by atoms with van der Waals surface area (Å²) in [4.78, 5) is 15.8. The molecule has 4 aromatic heterocycles. The molecule has 0 aliphatic rings. The van der Waals surface area contributed by atoms with Crippen LogP contribution in [-0.4, -0.2) is 29.0 Å². The van der Waals surface area contributed by atoms with Crippen molar-refractivity contribution in [1.29, 1.82) is 0 Å². The maximum absolute atomic E-state index is 12.5. The fourth-order valence-electron chi connectivity index (χ4n) is 9.54. The Morgan fingerprint density at radius 3 is 2.16 bits per heavy atom. The van der Waals surface area contributed by atoms with Crippen LogP contribution in [-0.2, 0) is 31.9 Å². The van der Waals surface area contributed by atoms with Crippen LogP contribution in [0.15, 0.2) is 128 Å². The van der Waals surface area contributed by atoms with E-state index in [0.29, 0.717) is 11.4 Å². The van der Waals surface area contributed by atoms with Crippen molar-refractivity contribution in [3.8, 4) is 45.1 Å². The number of fused-ring (bicyclic) bond motifs is 6. The Kier molecular flexibility index (Phi) is 9.03. The predicted molar refractivity (Wildman–Crippen MR) is 253 cm³/mol. The van der Waals surface area contributed by atoms with E-state index >= 15 is 0 Å². The van der Waals surface area contributed by atoms with E-state index in [0.717, 1.165) is 110 Å². The molecule has 0 saturated heterocycles.